The predicted octanol–water partition coefficient (Wildman–Crippen LogP) is 3.18. The Balaban J connectivity index is 1.58. The number of thioether (sulfide) groups is 1. The number of nitrogens with one attached hydrogen (secondary N) is 2. The van der Waals surface area contributed by atoms with Gasteiger partial charge in [-0.25, -0.2) is 9.78 Å². The molecule has 2 amide bonds. The molecule has 0 spiro atoms. The molecule has 0 saturated carbocycles. The van der Waals surface area contributed by atoms with Gasteiger partial charge >= 0.3 is 6.03 Å². The van der Waals surface area contributed by atoms with Gasteiger partial charge in [-0.15, -0.1) is 11.8 Å². The molecular weight excluding hydrogens is 320 g/mol. The molecule has 0 fully saturated rings. The van der Waals surface area contributed by atoms with Crippen LogP contribution in [0.25, 0.3) is 0 Å². The van der Waals surface area contributed by atoms with E-state index in [4.69, 9.17) is 0 Å². The molecule has 0 radical (unpaired) electrons. The Labute approximate surface area is 146 Å². The van der Waals surface area contributed by atoms with Gasteiger partial charge in [-0.1, -0.05) is 18.2 Å². The maximum absolute atomic E-state index is 12.3. The summed E-state index contributed by atoms with van der Waals surface area (Å²) in [6, 6.07) is 12.1. The van der Waals surface area contributed by atoms with Crippen molar-refractivity contribution in [2.24, 2.45) is 0 Å². The van der Waals surface area contributed by atoms with Gasteiger partial charge in [0.1, 0.15) is 5.82 Å². The van der Waals surface area contributed by atoms with Crippen LogP contribution in [-0.2, 0) is 6.54 Å². The van der Waals surface area contributed by atoms with Crippen molar-refractivity contribution in [3.63, 3.8) is 0 Å². The minimum atomic E-state index is -0.134. The van der Waals surface area contributed by atoms with E-state index in [0.29, 0.717) is 6.54 Å². The molecule has 2 N–H and O–H groups in total. The van der Waals surface area contributed by atoms with Crippen LogP contribution in [0.3, 0.4) is 0 Å². The average Bonchev–Trinajstić information content (AvgIpc) is 2.60. The second kappa shape index (κ2) is 7.57. The summed E-state index contributed by atoms with van der Waals surface area (Å²) in [6.45, 7) is 0.484. The lowest BCUT2D eigenvalue weighted by molar-refractivity contribution is 0.236. The Morgan fingerprint density at radius 2 is 2.17 bits per heavy atom. The SMILES string of the molecule is CN(C)c1cc(CNC(=O)N[C@@H]2CCSc3ccccc32)ccn1. The normalized spacial score (nSPS) is 16.2. The molecule has 24 heavy (non-hydrogen) atoms. The molecule has 1 atom stereocenters. The molecule has 0 aliphatic carbocycles. The van der Waals surface area contributed by atoms with E-state index in [2.05, 4.69) is 27.8 Å². The summed E-state index contributed by atoms with van der Waals surface area (Å²) in [7, 11) is 3.90. The number of pyridine rings is 1. The molecule has 2 aromatic rings. The molecule has 1 aliphatic heterocycles. The minimum absolute atomic E-state index is 0.0808. The standard InChI is InChI=1S/C18H22N4OS/c1-22(2)17-11-13(7-9-19-17)12-20-18(23)21-15-8-10-24-16-6-4-3-5-14(15)16/h3-7,9,11,15H,8,10,12H2,1-2H3,(H2,20,21,23)/t15-/m1/s1. The number of nitrogens with zero attached hydrogens (tertiary/aromatic N) is 2. The van der Waals surface area contributed by atoms with Crippen LogP contribution < -0.4 is 15.5 Å². The molecule has 126 valence electrons. The second-order valence-electron chi connectivity index (χ2n) is 5.97. The van der Waals surface area contributed by atoms with Gasteiger partial charge in [0.2, 0.25) is 0 Å². The fourth-order valence-electron chi connectivity index (χ4n) is 2.70. The number of carbonyl (C=O) groups is 1. The maximum atomic E-state index is 12.3. The lowest BCUT2D eigenvalue weighted by atomic mass is 10.0. The fourth-order valence-corrected chi connectivity index (χ4v) is 3.82. The molecule has 5 nitrogen and oxygen atoms in total. The first-order chi connectivity index (χ1) is 11.6. The van der Waals surface area contributed by atoms with Crippen molar-refractivity contribution < 1.29 is 4.79 Å². The Hall–Kier alpha value is -2.21. The fraction of sp³-hybridized carbons (Fsp3) is 0.333. The Bertz CT molecular complexity index is 720. The van der Waals surface area contributed by atoms with E-state index in [1.54, 1.807) is 6.20 Å². The second-order valence-corrected chi connectivity index (χ2v) is 7.11. The highest BCUT2D eigenvalue weighted by Crippen LogP contribution is 2.35. The molecule has 6 heteroatoms. The molecule has 2 heterocycles. The van der Waals surface area contributed by atoms with E-state index in [-0.39, 0.29) is 12.1 Å². The quantitative estimate of drug-likeness (QED) is 0.896. The monoisotopic (exact) mass is 342 g/mol. The van der Waals surface area contributed by atoms with Crippen molar-refractivity contribution in [3.8, 4) is 0 Å². The van der Waals surface area contributed by atoms with Gasteiger partial charge in [0, 0.05) is 37.5 Å². The lowest BCUT2D eigenvalue weighted by Gasteiger charge is -2.26. The van der Waals surface area contributed by atoms with E-state index < -0.39 is 0 Å². The van der Waals surface area contributed by atoms with Gasteiger partial charge in [-0.2, -0.15) is 0 Å². The van der Waals surface area contributed by atoms with E-state index in [0.717, 1.165) is 23.6 Å². The molecule has 1 aliphatic rings. The van der Waals surface area contributed by atoms with Crippen LogP contribution in [0.2, 0.25) is 0 Å². The predicted molar refractivity (Wildman–Crippen MR) is 98.5 cm³/mol. The first-order valence-corrected chi connectivity index (χ1v) is 9.00. The van der Waals surface area contributed by atoms with Crippen LogP contribution in [0.4, 0.5) is 10.6 Å². The van der Waals surface area contributed by atoms with Crippen LogP contribution in [0, 0.1) is 0 Å². The van der Waals surface area contributed by atoms with E-state index in [1.807, 2.05) is 55.0 Å². The van der Waals surface area contributed by atoms with E-state index in [1.165, 1.54) is 10.5 Å². The van der Waals surface area contributed by atoms with Crippen molar-refractivity contribution in [2.45, 2.75) is 23.9 Å². The van der Waals surface area contributed by atoms with Crippen LogP contribution in [-0.4, -0.2) is 30.9 Å². The molecule has 0 bridgehead atoms. The highest BCUT2D eigenvalue weighted by Gasteiger charge is 2.21. The summed E-state index contributed by atoms with van der Waals surface area (Å²) in [6.07, 6.45) is 2.72. The molecule has 0 unspecified atom stereocenters. The minimum Gasteiger partial charge on any atom is -0.363 e. The molecule has 1 aromatic carbocycles. The Morgan fingerprint density at radius 1 is 1.33 bits per heavy atom. The van der Waals surface area contributed by atoms with Crippen molar-refractivity contribution in [2.75, 3.05) is 24.7 Å². The largest absolute Gasteiger partial charge is 0.363 e. The summed E-state index contributed by atoms with van der Waals surface area (Å²) < 4.78 is 0. The zero-order chi connectivity index (χ0) is 16.9. The zero-order valence-electron chi connectivity index (χ0n) is 14.0. The summed E-state index contributed by atoms with van der Waals surface area (Å²) >= 11 is 1.85. The topological polar surface area (TPSA) is 57.3 Å². The van der Waals surface area contributed by atoms with Gasteiger partial charge in [-0.05, 0) is 35.7 Å². The summed E-state index contributed by atoms with van der Waals surface area (Å²) in [4.78, 5) is 19.7. The lowest BCUT2D eigenvalue weighted by Crippen LogP contribution is -2.38. The zero-order valence-corrected chi connectivity index (χ0v) is 14.8. The number of carbonyl (C=O) groups excluding carboxylic acids is 1. The third-order valence-corrected chi connectivity index (χ3v) is 5.11. The number of rotatable bonds is 4. The molecule has 1 aromatic heterocycles. The number of fused-ring (bicyclic) bond motifs is 1. The highest BCUT2D eigenvalue weighted by molar-refractivity contribution is 7.99. The van der Waals surface area contributed by atoms with Gasteiger partial charge in [0.15, 0.2) is 0 Å². The van der Waals surface area contributed by atoms with Crippen LogP contribution >= 0.6 is 11.8 Å². The number of urea groups is 1. The highest BCUT2D eigenvalue weighted by atomic mass is 32.2. The first kappa shape index (κ1) is 16.6. The van der Waals surface area contributed by atoms with Gasteiger partial charge in [-0.3, -0.25) is 0 Å². The first-order valence-electron chi connectivity index (χ1n) is 8.02. The number of benzene rings is 1. The number of anilines is 1. The summed E-state index contributed by atoms with van der Waals surface area (Å²) in [5.41, 5.74) is 2.24. The van der Waals surface area contributed by atoms with Gasteiger partial charge < -0.3 is 15.5 Å². The summed E-state index contributed by atoms with van der Waals surface area (Å²) in [5, 5.41) is 6.03. The number of amides is 2. The third-order valence-electron chi connectivity index (χ3n) is 3.99. The van der Waals surface area contributed by atoms with Crippen molar-refractivity contribution in [1.82, 2.24) is 15.6 Å². The number of hydrogen-bond acceptors (Lipinski definition) is 4. The van der Waals surface area contributed by atoms with Crippen molar-refractivity contribution >= 4 is 23.6 Å². The van der Waals surface area contributed by atoms with E-state index in [9.17, 15) is 4.79 Å². The third kappa shape index (κ3) is 4.00. The number of aromatic nitrogens is 1. The van der Waals surface area contributed by atoms with E-state index >= 15 is 0 Å². The smallest absolute Gasteiger partial charge is 0.315 e. The average molecular weight is 342 g/mol. The molecule has 0 saturated heterocycles. The summed E-state index contributed by atoms with van der Waals surface area (Å²) in [5.74, 6) is 1.91. The van der Waals surface area contributed by atoms with Gasteiger partial charge in [0.05, 0.1) is 6.04 Å². The Morgan fingerprint density at radius 3 is 3.00 bits per heavy atom. The number of hydrogen-bond donors (Lipinski definition) is 2. The van der Waals surface area contributed by atoms with Crippen LogP contribution in [0.5, 0.6) is 0 Å². The van der Waals surface area contributed by atoms with Crippen molar-refractivity contribution in [1.29, 1.82) is 0 Å². The van der Waals surface area contributed by atoms with Crippen LogP contribution in [0.15, 0.2) is 47.5 Å². The van der Waals surface area contributed by atoms with Crippen LogP contribution in [0.1, 0.15) is 23.6 Å². The Kier molecular flexibility index (Phi) is 5.25. The molecular formula is C18H22N4OS. The van der Waals surface area contributed by atoms with Crippen molar-refractivity contribution in [3.05, 3.63) is 53.7 Å². The van der Waals surface area contributed by atoms with Gasteiger partial charge in [0.25, 0.3) is 0 Å². The molecule has 3 rings (SSSR count). The maximum Gasteiger partial charge on any atom is 0.315 e.